The van der Waals surface area contributed by atoms with Gasteiger partial charge in [0, 0.05) is 5.92 Å². The maximum Gasteiger partial charge on any atom is 0.236 e. The van der Waals surface area contributed by atoms with Gasteiger partial charge in [0.1, 0.15) is 20.8 Å². The Bertz CT molecular complexity index is 586. The van der Waals surface area contributed by atoms with Crippen LogP contribution in [0.4, 0.5) is 11.6 Å². The van der Waals surface area contributed by atoms with E-state index in [9.17, 15) is 4.79 Å². The minimum atomic E-state index is -0.156. The Balaban J connectivity index is 2.53. The summed E-state index contributed by atoms with van der Waals surface area (Å²) < 4.78 is 1.35. The topological polar surface area (TPSA) is 46.1 Å². The highest BCUT2D eigenvalue weighted by molar-refractivity contribution is 9.10. The molecule has 1 amide bonds. The lowest BCUT2D eigenvalue weighted by Crippen LogP contribution is -2.31. The molecule has 0 aliphatic rings. The van der Waals surface area contributed by atoms with Crippen LogP contribution in [-0.4, -0.2) is 15.9 Å². The number of amides is 1. The number of halogens is 2. The Hall–Kier alpha value is -1.27. The van der Waals surface area contributed by atoms with Crippen molar-refractivity contribution in [2.45, 2.75) is 13.8 Å². The first kappa shape index (κ1) is 15.1. The fourth-order valence-electron chi connectivity index (χ4n) is 1.65. The van der Waals surface area contributed by atoms with Crippen LogP contribution in [0.25, 0.3) is 0 Å². The molecule has 0 saturated heterocycles. The minimum absolute atomic E-state index is 0.0544. The van der Waals surface area contributed by atoms with Crippen molar-refractivity contribution in [3.05, 3.63) is 45.6 Å². The molecular formula is C14H13Br2N3O. The lowest BCUT2D eigenvalue weighted by atomic mass is 10.2. The van der Waals surface area contributed by atoms with E-state index in [-0.39, 0.29) is 11.8 Å². The third kappa shape index (κ3) is 3.43. The van der Waals surface area contributed by atoms with Crippen LogP contribution in [0.1, 0.15) is 13.8 Å². The smallest absolute Gasteiger partial charge is 0.236 e. The molecule has 0 saturated carbocycles. The maximum atomic E-state index is 12.5. The SMILES string of the molecule is CC(C)C(=O)N(c1cccc(Br)n1)c1cccc(Br)n1. The zero-order chi connectivity index (χ0) is 14.7. The van der Waals surface area contributed by atoms with Crippen molar-refractivity contribution in [3.63, 3.8) is 0 Å². The quantitative estimate of drug-likeness (QED) is 0.723. The molecular weight excluding hydrogens is 386 g/mol. The van der Waals surface area contributed by atoms with Gasteiger partial charge >= 0.3 is 0 Å². The van der Waals surface area contributed by atoms with Crippen molar-refractivity contribution in [1.29, 1.82) is 0 Å². The summed E-state index contributed by atoms with van der Waals surface area (Å²) in [4.78, 5) is 22.7. The van der Waals surface area contributed by atoms with Crippen LogP contribution < -0.4 is 4.90 Å². The maximum absolute atomic E-state index is 12.5. The molecule has 2 aromatic rings. The Morgan fingerprint density at radius 1 is 1.00 bits per heavy atom. The van der Waals surface area contributed by atoms with E-state index in [2.05, 4.69) is 41.8 Å². The third-order valence-electron chi connectivity index (χ3n) is 2.57. The van der Waals surface area contributed by atoms with E-state index in [4.69, 9.17) is 0 Å². The molecule has 0 N–H and O–H groups in total. The fourth-order valence-corrected chi connectivity index (χ4v) is 2.31. The van der Waals surface area contributed by atoms with E-state index in [0.29, 0.717) is 20.8 Å². The zero-order valence-corrected chi connectivity index (χ0v) is 14.2. The second-order valence-electron chi connectivity index (χ2n) is 4.47. The standard InChI is InChI=1S/C14H13Br2N3O/c1-9(2)14(20)19(12-7-3-5-10(15)17-12)13-8-4-6-11(16)18-13/h3-9H,1-2H3. The number of carbonyl (C=O) groups is 1. The lowest BCUT2D eigenvalue weighted by molar-refractivity contribution is -0.120. The summed E-state index contributed by atoms with van der Waals surface area (Å²) in [6.45, 7) is 3.70. The number of anilines is 2. The highest BCUT2D eigenvalue weighted by Gasteiger charge is 2.23. The third-order valence-corrected chi connectivity index (χ3v) is 3.46. The van der Waals surface area contributed by atoms with E-state index in [1.54, 1.807) is 12.1 Å². The van der Waals surface area contributed by atoms with Crippen LogP contribution in [0.15, 0.2) is 45.6 Å². The molecule has 0 aliphatic heterocycles. The number of rotatable bonds is 3. The molecule has 0 fully saturated rings. The summed E-state index contributed by atoms with van der Waals surface area (Å²) in [7, 11) is 0. The van der Waals surface area contributed by atoms with Crippen LogP contribution in [-0.2, 0) is 4.79 Å². The predicted molar refractivity (Wildman–Crippen MR) is 85.9 cm³/mol. The van der Waals surface area contributed by atoms with Gasteiger partial charge in [0.25, 0.3) is 0 Å². The van der Waals surface area contributed by atoms with Gasteiger partial charge in [0.2, 0.25) is 5.91 Å². The summed E-state index contributed by atoms with van der Waals surface area (Å²) in [6, 6.07) is 10.9. The van der Waals surface area contributed by atoms with Gasteiger partial charge in [0.15, 0.2) is 0 Å². The Morgan fingerprint density at radius 2 is 1.45 bits per heavy atom. The molecule has 0 spiro atoms. The summed E-state index contributed by atoms with van der Waals surface area (Å²) in [5.74, 6) is 0.880. The van der Waals surface area contributed by atoms with Gasteiger partial charge in [-0.3, -0.25) is 4.79 Å². The number of nitrogens with zero attached hydrogens (tertiary/aromatic N) is 3. The number of carbonyl (C=O) groups excluding carboxylic acids is 1. The molecule has 0 aromatic carbocycles. The average Bonchev–Trinajstić information content (AvgIpc) is 2.39. The largest absolute Gasteiger partial charge is 0.274 e. The van der Waals surface area contributed by atoms with Crippen molar-refractivity contribution in [1.82, 2.24) is 9.97 Å². The molecule has 2 aromatic heterocycles. The Kier molecular flexibility index (Phi) is 4.88. The van der Waals surface area contributed by atoms with E-state index in [0.717, 1.165) is 0 Å². The molecule has 104 valence electrons. The summed E-state index contributed by atoms with van der Waals surface area (Å²) in [5.41, 5.74) is 0. The molecule has 0 radical (unpaired) electrons. The van der Waals surface area contributed by atoms with E-state index in [1.807, 2.05) is 38.1 Å². The normalized spacial score (nSPS) is 10.7. The first-order chi connectivity index (χ1) is 9.49. The van der Waals surface area contributed by atoms with Gasteiger partial charge in [-0.05, 0) is 56.1 Å². The first-order valence-corrected chi connectivity index (χ1v) is 7.66. The summed E-state index contributed by atoms with van der Waals surface area (Å²) >= 11 is 6.65. The number of pyridine rings is 2. The predicted octanol–water partition coefficient (Wildman–Crippen LogP) is 4.32. The van der Waals surface area contributed by atoms with Gasteiger partial charge in [-0.2, -0.15) is 0 Å². The first-order valence-electron chi connectivity index (χ1n) is 6.08. The van der Waals surface area contributed by atoms with Crippen LogP contribution in [0.3, 0.4) is 0 Å². The molecule has 4 nitrogen and oxygen atoms in total. The highest BCUT2D eigenvalue weighted by Crippen LogP contribution is 2.26. The molecule has 0 unspecified atom stereocenters. The molecule has 0 bridgehead atoms. The second-order valence-corrected chi connectivity index (χ2v) is 6.09. The molecule has 2 heterocycles. The number of hydrogen-bond acceptors (Lipinski definition) is 3. The highest BCUT2D eigenvalue weighted by atomic mass is 79.9. The van der Waals surface area contributed by atoms with Crippen LogP contribution in [0.5, 0.6) is 0 Å². The summed E-state index contributed by atoms with van der Waals surface area (Å²) in [6.07, 6.45) is 0. The van der Waals surface area contributed by atoms with E-state index >= 15 is 0 Å². The molecule has 20 heavy (non-hydrogen) atoms. The fraction of sp³-hybridized carbons (Fsp3) is 0.214. The summed E-state index contributed by atoms with van der Waals surface area (Å²) in [5, 5.41) is 0. The van der Waals surface area contributed by atoms with Crippen molar-refractivity contribution in [3.8, 4) is 0 Å². The Morgan fingerprint density at radius 3 is 1.80 bits per heavy atom. The van der Waals surface area contributed by atoms with Gasteiger partial charge in [-0.15, -0.1) is 0 Å². The molecule has 6 heteroatoms. The van der Waals surface area contributed by atoms with Crippen molar-refractivity contribution < 1.29 is 4.79 Å². The van der Waals surface area contributed by atoms with Gasteiger partial charge in [0.05, 0.1) is 0 Å². The molecule has 0 atom stereocenters. The van der Waals surface area contributed by atoms with Gasteiger partial charge in [-0.25, -0.2) is 14.9 Å². The average molecular weight is 399 g/mol. The van der Waals surface area contributed by atoms with Crippen molar-refractivity contribution in [2.24, 2.45) is 5.92 Å². The van der Waals surface area contributed by atoms with Gasteiger partial charge in [-0.1, -0.05) is 26.0 Å². The van der Waals surface area contributed by atoms with E-state index in [1.165, 1.54) is 4.90 Å². The van der Waals surface area contributed by atoms with Crippen LogP contribution in [0.2, 0.25) is 0 Å². The molecule has 2 rings (SSSR count). The van der Waals surface area contributed by atoms with Crippen LogP contribution >= 0.6 is 31.9 Å². The Labute approximate surface area is 134 Å². The van der Waals surface area contributed by atoms with E-state index < -0.39 is 0 Å². The van der Waals surface area contributed by atoms with Crippen molar-refractivity contribution >= 4 is 49.4 Å². The van der Waals surface area contributed by atoms with Crippen LogP contribution in [0, 0.1) is 5.92 Å². The number of hydrogen-bond donors (Lipinski definition) is 0. The minimum Gasteiger partial charge on any atom is -0.274 e. The van der Waals surface area contributed by atoms with Gasteiger partial charge < -0.3 is 0 Å². The van der Waals surface area contributed by atoms with Crippen molar-refractivity contribution in [2.75, 3.05) is 4.90 Å². The zero-order valence-electron chi connectivity index (χ0n) is 11.0. The second kappa shape index (κ2) is 6.45. The lowest BCUT2D eigenvalue weighted by Gasteiger charge is -2.23. The monoisotopic (exact) mass is 397 g/mol. The molecule has 0 aliphatic carbocycles. The number of aromatic nitrogens is 2.